The second kappa shape index (κ2) is 6.73. The lowest BCUT2D eigenvalue weighted by atomic mass is 10.1. The Morgan fingerprint density at radius 2 is 1.89 bits per heavy atom. The van der Waals surface area contributed by atoms with Crippen LogP contribution in [0.2, 0.25) is 0 Å². The molecule has 0 heterocycles. The first-order valence-corrected chi connectivity index (χ1v) is 5.91. The van der Waals surface area contributed by atoms with Gasteiger partial charge >= 0.3 is 6.18 Å². The predicted molar refractivity (Wildman–Crippen MR) is 62.7 cm³/mol. The fraction of sp³-hybridized carbons (Fsp3) is 0.538. The molecule has 0 saturated carbocycles. The Balaban J connectivity index is 2.16. The van der Waals surface area contributed by atoms with E-state index in [2.05, 4.69) is 5.32 Å². The number of halogens is 4. The fourth-order valence-corrected chi connectivity index (χ4v) is 1.55. The second-order valence-electron chi connectivity index (χ2n) is 4.33. The molecule has 0 aliphatic rings. The molecule has 0 amide bonds. The zero-order chi connectivity index (χ0) is 13.6. The molecular weight excluding hydrogens is 246 g/mol. The Labute approximate surface area is 104 Å². The molecule has 0 aliphatic carbocycles. The van der Waals surface area contributed by atoms with Crippen LogP contribution in [0.5, 0.6) is 0 Å². The second-order valence-corrected chi connectivity index (χ2v) is 4.33. The highest BCUT2D eigenvalue weighted by Gasteiger charge is 2.25. The van der Waals surface area contributed by atoms with Crippen LogP contribution in [0.25, 0.3) is 0 Å². The summed E-state index contributed by atoms with van der Waals surface area (Å²) in [5.41, 5.74) is 1.39. The topological polar surface area (TPSA) is 12.0 Å². The lowest BCUT2D eigenvalue weighted by molar-refractivity contribution is -0.135. The van der Waals surface area contributed by atoms with Crippen LogP contribution in [-0.2, 0) is 6.54 Å². The van der Waals surface area contributed by atoms with Gasteiger partial charge in [-0.25, -0.2) is 4.39 Å². The van der Waals surface area contributed by atoms with E-state index in [1.54, 1.807) is 19.1 Å². The van der Waals surface area contributed by atoms with Gasteiger partial charge in [0.15, 0.2) is 0 Å². The molecule has 0 fully saturated rings. The molecule has 1 N–H and O–H groups in total. The average Bonchev–Trinajstić information content (AvgIpc) is 2.26. The number of unbranched alkanes of at least 4 members (excludes halogenated alkanes) is 1. The van der Waals surface area contributed by atoms with Gasteiger partial charge in [-0.15, -0.1) is 0 Å². The van der Waals surface area contributed by atoms with Crippen molar-refractivity contribution in [3.8, 4) is 0 Å². The molecule has 0 aromatic heterocycles. The van der Waals surface area contributed by atoms with Crippen molar-refractivity contribution in [2.45, 2.75) is 38.9 Å². The van der Waals surface area contributed by atoms with Gasteiger partial charge in [0, 0.05) is 13.0 Å². The third kappa shape index (κ3) is 6.00. The summed E-state index contributed by atoms with van der Waals surface area (Å²) in [6.07, 6.45) is -4.22. The van der Waals surface area contributed by atoms with Crippen molar-refractivity contribution in [3.05, 3.63) is 35.1 Å². The van der Waals surface area contributed by atoms with E-state index in [9.17, 15) is 17.6 Å². The highest BCUT2D eigenvalue weighted by atomic mass is 19.4. The van der Waals surface area contributed by atoms with Crippen molar-refractivity contribution in [1.82, 2.24) is 5.32 Å². The molecule has 0 unspecified atom stereocenters. The van der Waals surface area contributed by atoms with Crippen LogP contribution in [0, 0.1) is 12.7 Å². The SMILES string of the molecule is Cc1ccc(CNCCCCC(F)(F)F)cc1F. The van der Waals surface area contributed by atoms with Gasteiger partial charge in [0.05, 0.1) is 0 Å². The molecule has 0 saturated heterocycles. The van der Waals surface area contributed by atoms with Crippen molar-refractivity contribution >= 4 is 0 Å². The molecule has 5 heteroatoms. The molecule has 102 valence electrons. The van der Waals surface area contributed by atoms with Gasteiger partial charge in [-0.1, -0.05) is 12.1 Å². The molecular formula is C13H17F4N. The quantitative estimate of drug-likeness (QED) is 0.605. The first-order chi connectivity index (χ1) is 8.38. The van der Waals surface area contributed by atoms with Gasteiger partial charge in [-0.2, -0.15) is 13.2 Å². The maximum atomic E-state index is 13.2. The number of benzene rings is 1. The van der Waals surface area contributed by atoms with Crippen LogP contribution in [0.1, 0.15) is 30.4 Å². The summed E-state index contributed by atoms with van der Waals surface area (Å²) in [5, 5.41) is 3.00. The summed E-state index contributed by atoms with van der Waals surface area (Å²) in [4.78, 5) is 0. The zero-order valence-electron chi connectivity index (χ0n) is 10.3. The fourth-order valence-electron chi connectivity index (χ4n) is 1.55. The Morgan fingerprint density at radius 3 is 2.50 bits per heavy atom. The molecule has 0 spiro atoms. The molecule has 1 nitrogen and oxygen atoms in total. The van der Waals surface area contributed by atoms with Gasteiger partial charge in [0.2, 0.25) is 0 Å². The Hall–Kier alpha value is -1.10. The minimum Gasteiger partial charge on any atom is -0.313 e. The van der Waals surface area contributed by atoms with E-state index in [1.807, 2.05) is 0 Å². The normalized spacial score (nSPS) is 11.8. The van der Waals surface area contributed by atoms with Gasteiger partial charge in [0.1, 0.15) is 5.82 Å². The van der Waals surface area contributed by atoms with Crippen molar-refractivity contribution in [1.29, 1.82) is 0 Å². The minimum atomic E-state index is -4.07. The van der Waals surface area contributed by atoms with Gasteiger partial charge in [-0.3, -0.25) is 0 Å². The van der Waals surface area contributed by atoms with E-state index >= 15 is 0 Å². The van der Waals surface area contributed by atoms with Crippen molar-refractivity contribution < 1.29 is 17.6 Å². The van der Waals surface area contributed by atoms with Crippen LogP contribution in [0.4, 0.5) is 17.6 Å². The van der Waals surface area contributed by atoms with E-state index in [0.717, 1.165) is 5.56 Å². The standard InChI is InChI=1S/C13H17F4N/c1-10-4-5-11(8-12(10)14)9-18-7-3-2-6-13(15,16)17/h4-5,8,18H,2-3,6-7,9H2,1H3. The summed E-state index contributed by atoms with van der Waals surface area (Å²) >= 11 is 0. The highest BCUT2D eigenvalue weighted by Crippen LogP contribution is 2.21. The first-order valence-electron chi connectivity index (χ1n) is 5.91. The van der Waals surface area contributed by atoms with Crippen molar-refractivity contribution in [3.63, 3.8) is 0 Å². The van der Waals surface area contributed by atoms with E-state index in [4.69, 9.17) is 0 Å². The van der Waals surface area contributed by atoms with Gasteiger partial charge < -0.3 is 5.32 Å². The summed E-state index contributed by atoms with van der Waals surface area (Å²) in [5.74, 6) is -0.258. The first kappa shape index (κ1) is 15.0. The van der Waals surface area contributed by atoms with E-state index in [1.165, 1.54) is 6.07 Å². The lowest BCUT2D eigenvalue weighted by Gasteiger charge is -2.07. The van der Waals surface area contributed by atoms with Crippen LogP contribution in [0.15, 0.2) is 18.2 Å². The Morgan fingerprint density at radius 1 is 1.17 bits per heavy atom. The lowest BCUT2D eigenvalue weighted by Crippen LogP contribution is -2.16. The number of alkyl halides is 3. The molecule has 0 bridgehead atoms. The third-order valence-electron chi connectivity index (χ3n) is 2.63. The number of rotatable bonds is 6. The van der Waals surface area contributed by atoms with Gasteiger partial charge in [-0.05, 0) is 43.5 Å². The molecule has 1 aromatic rings. The number of aryl methyl sites for hydroxylation is 1. The van der Waals surface area contributed by atoms with Crippen LogP contribution >= 0.6 is 0 Å². The minimum absolute atomic E-state index is 0.124. The molecule has 18 heavy (non-hydrogen) atoms. The summed E-state index contributed by atoms with van der Waals surface area (Å²) < 4.78 is 48.7. The predicted octanol–water partition coefficient (Wildman–Crippen LogP) is 3.96. The Kier molecular flexibility index (Phi) is 5.59. The van der Waals surface area contributed by atoms with E-state index in [0.29, 0.717) is 25.1 Å². The maximum absolute atomic E-state index is 13.2. The average molecular weight is 263 g/mol. The van der Waals surface area contributed by atoms with Crippen LogP contribution in [-0.4, -0.2) is 12.7 Å². The largest absolute Gasteiger partial charge is 0.389 e. The summed E-state index contributed by atoms with van der Waals surface area (Å²) in [6, 6.07) is 4.94. The molecule has 1 rings (SSSR count). The smallest absolute Gasteiger partial charge is 0.313 e. The van der Waals surface area contributed by atoms with Crippen molar-refractivity contribution in [2.75, 3.05) is 6.54 Å². The zero-order valence-corrected chi connectivity index (χ0v) is 10.3. The molecule has 0 radical (unpaired) electrons. The number of hydrogen-bond acceptors (Lipinski definition) is 1. The van der Waals surface area contributed by atoms with Crippen molar-refractivity contribution in [2.24, 2.45) is 0 Å². The number of hydrogen-bond donors (Lipinski definition) is 1. The maximum Gasteiger partial charge on any atom is 0.389 e. The monoisotopic (exact) mass is 263 g/mol. The Bertz CT molecular complexity index is 374. The molecule has 0 atom stereocenters. The summed E-state index contributed by atoms with van der Waals surface area (Å²) in [6.45, 7) is 2.67. The van der Waals surface area contributed by atoms with E-state index in [-0.39, 0.29) is 12.2 Å². The third-order valence-corrected chi connectivity index (χ3v) is 2.63. The van der Waals surface area contributed by atoms with E-state index < -0.39 is 12.6 Å². The van der Waals surface area contributed by atoms with Gasteiger partial charge in [0.25, 0.3) is 0 Å². The number of nitrogens with one attached hydrogen (secondary N) is 1. The van der Waals surface area contributed by atoms with Crippen LogP contribution < -0.4 is 5.32 Å². The molecule has 0 aliphatic heterocycles. The summed E-state index contributed by atoms with van der Waals surface area (Å²) in [7, 11) is 0. The highest BCUT2D eigenvalue weighted by molar-refractivity contribution is 5.23. The molecule has 1 aromatic carbocycles. The van der Waals surface area contributed by atoms with Crippen LogP contribution in [0.3, 0.4) is 0 Å².